The van der Waals surface area contributed by atoms with Crippen molar-refractivity contribution < 1.29 is 14.3 Å². The Hall–Kier alpha value is -3.48. The van der Waals surface area contributed by atoms with Gasteiger partial charge in [-0.2, -0.15) is 0 Å². The van der Waals surface area contributed by atoms with E-state index in [1.54, 1.807) is 50.0 Å². The van der Waals surface area contributed by atoms with Crippen LogP contribution in [0.15, 0.2) is 55.1 Å². The molecule has 1 amide bonds. The highest BCUT2D eigenvalue weighted by molar-refractivity contribution is 5.94. The molecular weight excluding hydrogens is 320 g/mol. The number of methoxy groups -OCH3 is 1. The maximum atomic E-state index is 11.9. The Bertz CT molecular complexity index is 884. The maximum Gasteiger partial charge on any atom is 0.251 e. The lowest BCUT2D eigenvalue weighted by Crippen LogP contribution is -2.17. The normalized spacial score (nSPS) is 10.2. The van der Waals surface area contributed by atoms with Crippen LogP contribution >= 0.6 is 0 Å². The number of nitrogens with one attached hydrogen (secondary N) is 1. The molecule has 0 spiro atoms. The summed E-state index contributed by atoms with van der Waals surface area (Å²) in [5.74, 6) is 1.02. The van der Waals surface area contributed by atoms with E-state index in [9.17, 15) is 4.79 Å². The number of nitrogens with zero attached hydrogens (tertiary/aromatic N) is 3. The van der Waals surface area contributed by atoms with Crippen molar-refractivity contribution in [2.75, 3.05) is 14.2 Å². The second-order valence-corrected chi connectivity index (χ2v) is 5.02. The fraction of sp³-hybridized carbons (Fsp3) is 0.111. The zero-order valence-corrected chi connectivity index (χ0v) is 13.8. The van der Waals surface area contributed by atoms with Crippen LogP contribution < -0.4 is 14.8 Å². The predicted molar refractivity (Wildman–Crippen MR) is 91.7 cm³/mol. The lowest BCUT2D eigenvalue weighted by molar-refractivity contribution is 0.0962. The third-order valence-corrected chi connectivity index (χ3v) is 3.44. The summed E-state index contributed by atoms with van der Waals surface area (Å²) >= 11 is 0. The summed E-state index contributed by atoms with van der Waals surface area (Å²) in [6.45, 7) is 0. The first-order valence-corrected chi connectivity index (χ1v) is 7.51. The fourth-order valence-corrected chi connectivity index (χ4v) is 2.24. The molecule has 1 N–H and O–H groups in total. The van der Waals surface area contributed by atoms with E-state index >= 15 is 0 Å². The number of rotatable bonds is 5. The molecule has 7 nitrogen and oxygen atoms in total. The van der Waals surface area contributed by atoms with Gasteiger partial charge in [0.1, 0.15) is 17.2 Å². The van der Waals surface area contributed by atoms with Crippen LogP contribution in [0.2, 0.25) is 0 Å². The molecule has 25 heavy (non-hydrogen) atoms. The van der Waals surface area contributed by atoms with Crippen molar-refractivity contribution in [3.8, 4) is 28.6 Å². The van der Waals surface area contributed by atoms with E-state index in [-0.39, 0.29) is 5.91 Å². The molecule has 0 atom stereocenters. The molecule has 126 valence electrons. The second-order valence-electron chi connectivity index (χ2n) is 5.02. The van der Waals surface area contributed by atoms with Gasteiger partial charge in [0.15, 0.2) is 0 Å². The standard InChI is InChI=1S/C18H16N4O3/c1-19-17(23)13-9-14(24-2)11-15(10-13)25-18-16(21-7-8-22-18)12-3-5-20-6-4-12/h3-11H,1-2H3,(H,19,23). The molecule has 0 aliphatic carbocycles. The minimum Gasteiger partial charge on any atom is -0.497 e. The number of ether oxygens (including phenoxy) is 2. The Kier molecular flexibility index (Phi) is 4.84. The Morgan fingerprint density at radius 1 is 1.00 bits per heavy atom. The van der Waals surface area contributed by atoms with E-state index in [1.807, 2.05) is 12.1 Å². The first-order valence-electron chi connectivity index (χ1n) is 7.51. The largest absolute Gasteiger partial charge is 0.497 e. The summed E-state index contributed by atoms with van der Waals surface area (Å²) in [6, 6.07) is 8.56. The van der Waals surface area contributed by atoms with Crippen LogP contribution in [0, 0.1) is 0 Å². The van der Waals surface area contributed by atoms with Crippen LogP contribution in [-0.4, -0.2) is 35.0 Å². The number of amides is 1. The van der Waals surface area contributed by atoms with Gasteiger partial charge in [0.2, 0.25) is 5.88 Å². The number of carbonyl (C=O) groups excluding carboxylic acids is 1. The molecule has 2 aromatic heterocycles. The van der Waals surface area contributed by atoms with E-state index in [2.05, 4.69) is 20.3 Å². The number of benzene rings is 1. The lowest BCUT2D eigenvalue weighted by Gasteiger charge is -2.11. The van der Waals surface area contributed by atoms with E-state index in [0.717, 1.165) is 5.56 Å². The molecule has 1 aromatic carbocycles. The highest BCUT2D eigenvalue weighted by Gasteiger charge is 2.13. The zero-order valence-electron chi connectivity index (χ0n) is 13.8. The Morgan fingerprint density at radius 3 is 2.44 bits per heavy atom. The molecule has 0 fully saturated rings. The average Bonchev–Trinajstić information content (AvgIpc) is 2.68. The highest BCUT2D eigenvalue weighted by Crippen LogP contribution is 2.31. The van der Waals surface area contributed by atoms with Crippen LogP contribution in [0.1, 0.15) is 10.4 Å². The number of aromatic nitrogens is 3. The van der Waals surface area contributed by atoms with Crippen LogP contribution in [0.4, 0.5) is 0 Å². The van der Waals surface area contributed by atoms with Gasteiger partial charge in [-0.05, 0) is 24.3 Å². The molecule has 0 unspecified atom stereocenters. The average molecular weight is 336 g/mol. The molecule has 2 heterocycles. The second kappa shape index (κ2) is 7.39. The van der Waals surface area contributed by atoms with Gasteiger partial charge in [-0.25, -0.2) is 9.97 Å². The van der Waals surface area contributed by atoms with Gasteiger partial charge in [0.25, 0.3) is 5.91 Å². The van der Waals surface area contributed by atoms with E-state index in [1.165, 1.54) is 7.11 Å². The molecular formula is C18H16N4O3. The predicted octanol–water partition coefficient (Wildman–Crippen LogP) is 2.70. The quantitative estimate of drug-likeness (QED) is 0.771. The molecule has 3 rings (SSSR count). The van der Waals surface area contributed by atoms with Crippen LogP contribution in [0.5, 0.6) is 17.4 Å². The number of hydrogen-bond acceptors (Lipinski definition) is 6. The summed E-state index contributed by atoms with van der Waals surface area (Å²) in [5.41, 5.74) is 1.83. The van der Waals surface area contributed by atoms with E-state index in [0.29, 0.717) is 28.6 Å². The molecule has 0 saturated heterocycles. The minimum atomic E-state index is -0.239. The van der Waals surface area contributed by atoms with E-state index < -0.39 is 0 Å². The van der Waals surface area contributed by atoms with Crippen molar-refractivity contribution in [3.05, 3.63) is 60.7 Å². The summed E-state index contributed by atoms with van der Waals surface area (Å²) in [4.78, 5) is 24.5. The monoisotopic (exact) mass is 336 g/mol. The van der Waals surface area contributed by atoms with Gasteiger partial charge in [-0.1, -0.05) is 0 Å². The third kappa shape index (κ3) is 3.72. The van der Waals surface area contributed by atoms with Gasteiger partial charge in [-0.15, -0.1) is 0 Å². The zero-order chi connectivity index (χ0) is 17.6. The summed E-state index contributed by atoms with van der Waals surface area (Å²) < 4.78 is 11.1. The van der Waals surface area contributed by atoms with Crippen molar-refractivity contribution in [2.24, 2.45) is 0 Å². The smallest absolute Gasteiger partial charge is 0.251 e. The topological polar surface area (TPSA) is 86.2 Å². The molecule has 0 aliphatic rings. The SMILES string of the molecule is CNC(=O)c1cc(OC)cc(Oc2nccnc2-c2ccncc2)c1. The van der Waals surface area contributed by atoms with Gasteiger partial charge in [0.05, 0.1) is 7.11 Å². The van der Waals surface area contributed by atoms with Crippen molar-refractivity contribution in [3.63, 3.8) is 0 Å². The minimum absolute atomic E-state index is 0.239. The molecule has 0 bridgehead atoms. The van der Waals surface area contributed by atoms with Crippen LogP contribution in [-0.2, 0) is 0 Å². The van der Waals surface area contributed by atoms with Crippen molar-refractivity contribution in [1.82, 2.24) is 20.3 Å². The molecule has 0 radical (unpaired) electrons. The van der Waals surface area contributed by atoms with Gasteiger partial charge in [-0.3, -0.25) is 9.78 Å². The van der Waals surface area contributed by atoms with E-state index in [4.69, 9.17) is 9.47 Å². The Labute approximate surface area is 144 Å². The fourth-order valence-electron chi connectivity index (χ4n) is 2.24. The molecule has 0 saturated carbocycles. The van der Waals surface area contributed by atoms with Gasteiger partial charge >= 0.3 is 0 Å². The number of pyridine rings is 1. The molecule has 7 heteroatoms. The number of hydrogen-bond donors (Lipinski definition) is 1. The first kappa shape index (κ1) is 16.4. The summed E-state index contributed by atoms with van der Waals surface area (Å²) in [5, 5.41) is 2.58. The van der Waals surface area contributed by atoms with Crippen molar-refractivity contribution in [1.29, 1.82) is 0 Å². The van der Waals surface area contributed by atoms with Crippen molar-refractivity contribution >= 4 is 5.91 Å². The van der Waals surface area contributed by atoms with Crippen LogP contribution in [0.25, 0.3) is 11.3 Å². The third-order valence-electron chi connectivity index (χ3n) is 3.44. The lowest BCUT2D eigenvalue weighted by atomic mass is 10.2. The summed E-state index contributed by atoms with van der Waals surface area (Å²) in [6.07, 6.45) is 6.47. The van der Waals surface area contributed by atoms with Gasteiger partial charge in [0, 0.05) is 49.0 Å². The molecule has 3 aromatic rings. The van der Waals surface area contributed by atoms with Crippen LogP contribution in [0.3, 0.4) is 0 Å². The Balaban J connectivity index is 2.00. The number of carbonyl (C=O) groups is 1. The maximum absolute atomic E-state index is 11.9. The Morgan fingerprint density at radius 2 is 1.72 bits per heavy atom. The summed E-state index contributed by atoms with van der Waals surface area (Å²) in [7, 11) is 3.09. The molecule has 0 aliphatic heterocycles. The highest BCUT2D eigenvalue weighted by atomic mass is 16.5. The van der Waals surface area contributed by atoms with Gasteiger partial charge < -0.3 is 14.8 Å². The van der Waals surface area contributed by atoms with Crippen molar-refractivity contribution in [2.45, 2.75) is 0 Å². The first-order chi connectivity index (χ1) is 12.2.